The fourth-order valence-corrected chi connectivity index (χ4v) is 4.24. The molecule has 2 fully saturated rings. The molecule has 0 N–H and O–H groups in total. The van der Waals surface area contributed by atoms with Gasteiger partial charge in [0.25, 0.3) is 0 Å². The molecule has 2 saturated heterocycles. The Kier molecular flexibility index (Phi) is 5.62. The van der Waals surface area contributed by atoms with Crippen LogP contribution in [0.1, 0.15) is 5.56 Å². The molecule has 0 aliphatic carbocycles. The number of hydrogen-bond donors (Lipinski definition) is 0. The first-order chi connectivity index (χ1) is 15.3. The van der Waals surface area contributed by atoms with Gasteiger partial charge in [-0.2, -0.15) is 5.10 Å². The molecule has 0 atom stereocenters. The molecule has 8 heteroatoms. The lowest BCUT2D eigenvalue weighted by Gasteiger charge is -2.43. The number of carbonyl (C=O) groups excluding carboxylic acids is 1. The molecule has 4 heterocycles. The lowest BCUT2D eigenvalue weighted by Crippen LogP contribution is -2.58. The van der Waals surface area contributed by atoms with Gasteiger partial charge in [0.15, 0.2) is 5.82 Å². The zero-order chi connectivity index (χ0) is 21.0. The Balaban J connectivity index is 1.09. The van der Waals surface area contributed by atoms with Crippen LogP contribution in [-0.2, 0) is 11.2 Å². The van der Waals surface area contributed by atoms with E-state index in [4.69, 9.17) is 0 Å². The van der Waals surface area contributed by atoms with Gasteiger partial charge < -0.3 is 9.80 Å². The number of hydrogen-bond acceptors (Lipinski definition) is 6. The second-order valence-electron chi connectivity index (χ2n) is 8.19. The number of benzene rings is 1. The predicted molar refractivity (Wildman–Crippen MR) is 118 cm³/mol. The van der Waals surface area contributed by atoms with Crippen molar-refractivity contribution in [1.82, 2.24) is 29.5 Å². The number of amides is 1. The maximum Gasteiger partial charge on any atom is 0.229 e. The van der Waals surface area contributed by atoms with Gasteiger partial charge in [-0.15, -0.1) is 0 Å². The zero-order valence-electron chi connectivity index (χ0n) is 17.5. The van der Waals surface area contributed by atoms with E-state index in [2.05, 4.69) is 55.2 Å². The van der Waals surface area contributed by atoms with Gasteiger partial charge in [0.1, 0.15) is 12.1 Å². The van der Waals surface area contributed by atoms with E-state index in [-0.39, 0.29) is 11.8 Å². The third kappa shape index (κ3) is 4.44. The minimum atomic E-state index is 0.0546. The molecule has 0 spiro atoms. The molecule has 160 valence electrons. The van der Waals surface area contributed by atoms with Gasteiger partial charge in [-0.3, -0.25) is 9.69 Å². The summed E-state index contributed by atoms with van der Waals surface area (Å²) in [4.78, 5) is 28.2. The number of carbonyl (C=O) groups is 1. The van der Waals surface area contributed by atoms with E-state index < -0.39 is 0 Å². The van der Waals surface area contributed by atoms with Crippen LogP contribution in [0.2, 0.25) is 0 Å². The summed E-state index contributed by atoms with van der Waals surface area (Å²) in [6.45, 7) is 6.02. The molecule has 8 nitrogen and oxygen atoms in total. The van der Waals surface area contributed by atoms with E-state index >= 15 is 0 Å². The molecular weight excluding hydrogens is 390 g/mol. The molecule has 0 unspecified atom stereocenters. The fourth-order valence-electron chi connectivity index (χ4n) is 4.24. The van der Waals surface area contributed by atoms with Crippen LogP contribution < -0.4 is 4.90 Å². The van der Waals surface area contributed by atoms with Gasteiger partial charge in [-0.05, 0) is 18.1 Å². The van der Waals surface area contributed by atoms with Crippen LogP contribution in [0.25, 0.3) is 5.82 Å². The highest BCUT2D eigenvalue weighted by Gasteiger charge is 2.37. The Bertz CT molecular complexity index is 994. The van der Waals surface area contributed by atoms with Gasteiger partial charge in [-0.25, -0.2) is 14.6 Å². The Morgan fingerprint density at radius 1 is 0.968 bits per heavy atom. The number of aromatic nitrogens is 4. The van der Waals surface area contributed by atoms with E-state index in [1.165, 1.54) is 5.56 Å². The third-order valence-electron chi connectivity index (χ3n) is 6.18. The monoisotopic (exact) mass is 417 g/mol. The molecule has 0 radical (unpaired) electrons. The van der Waals surface area contributed by atoms with Crippen molar-refractivity contribution < 1.29 is 4.79 Å². The van der Waals surface area contributed by atoms with Crippen LogP contribution in [0.3, 0.4) is 0 Å². The zero-order valence-corrected chi connectivity index (χ0v) is 17.5. The van der Waals surface area contributed by atoms with Crippen molar-refractivity contribution in [3.8, 4) is 5.82 Å². The van der Waals surface area contributed by atoms with Crippen molar-refractivity contribution in [3.05, 3.63) is 66.7 Å². The minimum absolute atomic E-state index is 0.0546. The maximum atomic E-state index is 12.9. The molecule has 2 aliphatic heterocycles. The molecule has 2 aliphatic rings. The summed E-state index contributed by atoms with van der Waals surface area (Å²) in [6.07, 6.45) is 6.19. The Morgan fingerprint density at radius 3 is 2.48 bits per heavy atom. The SMILES string of the molecule is O=C(C1CN(c2cc(-n3cccn3)ncn2)C1)N1CCN(CCc2ccccc2)CC1. The molecule has 3 aromatic rings. The molecule has 0 saturated carbocycles. The van der Waals surface area contributed by atoms with Crippen LogP contribution in [0.5, 0.6) is 0 Å². The van der Waals surface area contributed by atoms with E-state index in [9.17, 15) is 4.79 Å². The number of rotatable bonds is 6. The summed E-state index contributed by atoms with van der Waals surface area (Å²) < 4.78 is 1.71. The Labute approximate surface area is 182 Å². The van der Waals surface area contributed by atoms with E-state index in [1.807, 2.05) is 23.2 Å². The molecule has 5 rings (SSSR count). The first kappa shape index (κ1) is 19.7. The Hall–Kier alpha value is -3.26. The quantitative estimate of drug-likeness (QED) is 0.605. The fraction of sp³-hybridized carbons (Fsp3) is 0.391. The van der Waals surface area contributed by atoms with E-state index in [0.29, 0.717) is 13.1 Å². The van der Waals surface area contributed by atoms with Crippen molar-refractivity contribution in [2.24, 2.45) is 5.92 Å². The normalized spacial score (nSPS) is 17.5. The molecule has 2 aromatic heterocycles. The first-order valence-corrected chi connectivity index (χ1v) is 10.9. The summed E-state index contributed by atoms with van der Waals surface area (Å²) in [7, 11) is 0. The van der Waals surface area contributed by atoms with Crippen LogP contribution >= 0.6 is 0 Å². The van der Waals surface area contributed by atoms with E-state index in [1.54, 1.807) is 17.2 Å². The van der Waals surface area contributed by atoms with Crippen molar-refractivity contribution in [2.45, 2.75) is 6.42 Å². The predicted octanol–water partition coefficient (Wildman–Crippen LogP) is 1.49. The molecular formula is C23H27N7O. The van der Waals surface area contributed by atoms with Crippen LogP contribution in [0, 0.1) is 5.92 Å². The van der Waals surface area contributed by atoms with Crippen LogP contribution in [0.15, 0.2) is 61.2 Å². The summed E-state index contributed by atoms with van der Waals surface area (Å²) in [5.74, 6) is 1.91. The van der Waals surface area contributed by atoms with Crippen LogP contribution in [0.4, 0.5) is 5.82 Å². The van der Waals surface area contributed by atoms with Crippen molar-refractivity contribution in [1.29, 1.82) is 0 Å². The van der Waals surface area contributed by atoms with Gasteiger partial charge in [-0.1, -0.05) is 30.3 Å². The average molecular weight is 418 g/mol. The topological polar surface area (TPSA) is 70.4 Å². The second-order valence-corrected chi connectivity index (χ2v) is 8.19. The highest BCUT2D eigenvalue weighted by atomic mass is 16.2. The number of nitrogens with zero attached hydrogens (tertiary/aromatic N) is 7. The number of anilines is 1. The first-order valence-electron chi connectivity index (χ1n) is 10.9. The molecule has 1 amide bonds. The second kappa shape index (κ2) is 8.85. The Morgan fingerprint density at radius 2 is 1.74 bits per heavy atom. The van der Waals surface area contributed by atoms with Crippen molar-refractivity contribution in [3.63, 3.8) is 0 Å². The van der Waals surface area contributed by atoms with E-state index in [0.717, 1.165) is 50.8 Å². The summed E-state index contributed by atoms with van der Waals surface area (Å²) >= 11 is 0. The molecule has 31 heavy (non-hydrogen) atoms. The summed E-state index contributed by atoms with van der Waals surface area (Å²) in [5, 5.41) is 4.21. The van der Waals surface area contributed by atoms with Crippen molar-refractivity contribution in [2.75, 3.05) is 50.7 Å². The highest BCUT2D eigenvalue weighted by molar-refractivity contribution is 5.82. The van der Waals surface area contributed by atoms with Crippen molar-refractivity contribution >= 4 is 11.7 Å². The average Bonchev–Trinajstić information content (AvgIpc) is 3.33. The standard InChI is InChI=1S/C23H27N7O/c31-23(28-13-11-27(12-14-28)10-7-19-5-2-1-3-6-19)20-16-29(17-20)21-15-22(25-18-24-21)30-9-4-8-26-30/h1-6,8-9,15,18,20H,7,10-14,16-17H2. The lowest BCUT2D eigenvalue weighted by atomic mass is 9.98. The highest BCUT2D eigenvalue weighted by Crippen LogP contribution is 2.25. The van der Waals surface area contributed by atoms with Gasteiger partial charge in [0.2, 0.25) is 5.91 Å². The largest absolute Gasteiger partial charge is 0.355 e. The maximum absolute atomic E-state index is 12.9. The molecule has 0 bridgehead atoms. The van der Waals surface area contributed by atoms with Gasteiger partial charge in [0, 0.05) is 64.3 Å². The third-order valence-corrected chi connectivity index (χ3v) is 6.18. The summed E-state index contributed by atoms with van der Waals surface area (Å²) in [6, 6.07) is 14.4. The van der Waals surface area contributed by atoms with Gasteiger partial charge in [0.05, 0.1) is 5.92 Å². The van der Waals surface area contributed by atoms with Crippen LogP contribution in [-0.4, -0.2) is 81.3 Å². The minimum Gasteiger partial charge on any atom is -0.355 e. The van der Waals surface area contributed by atoms with Gasteiger partial charge >= 0.3 is 0 Å². The smallest absolute Gasteiger partial charge is 0.229 e. The summed E-state index contributed by atoms with van der Waals surface area (Å²) in [5.41, 5.74) is 1.37. The molecule has 1 aromatic carbocycles. The lowest BCUT2D eigenvalue weighted by molar-refractivity contribution is -0.138. The number of piperazine rings is 1.